The standard InChI is InChI=1S/C14H17ClN4O2/c1-3-17-13(11(7-16)14(20)21-4-2)19-9-10-5-6-12(15)18-8-10/h5-6,8,17,19H,3-4,9H2,1-2H3/b13-11+. The first kappa shape index (κ1) is 16.8. The molecule has 0 aliphatic carbocycles. The van der Waals surface area contributed by atoms with Gasteiger partial charge in [0.2, 0.25) is 0 Å². The summed E-state index contributed by atoms with van der Waals surface area (Å²) in [6, 6.07) is 5.34. The third-order valence-corrected chi connectivity index (χ3v) is 2.68. The summed E-state index contributed by atoms with van der Waals surface area (Å²) in [7, 11) is 0. The van der Waals surface area contributed by atoms with E-state index in [1.54, 1.807) is 19.2 Å². The maximum atomic E-state index is 11.7. The van der Waals surface area contributed by atoms with Crippen molar-refractivity contribution in [2.45, 2.75) is 20.4 Å². The summed E-state index contributed by atoms with van der Waals surface area (Å²) in [5, 5.41) is 15.5. The Balaban J connectivity index is 2.87. The molecular formula is C14H17ClN4O2. The Morgan fingerprint density at radius 1 is 1.43 bits per heavy atom. The van der Waals surface area contributed by atoms with Crippen LogP contribution in [0.2, 0.25) is 5.15 Å². The van der Waals surface area contributed by atoms with E-state index in [4.69, 9.17) is 21.6 Å². The van der Waals surface area contributed by atoms with Crippen molar-refractivity contribution in [1.82, 2.24) is 15.6 Å². The van der Waals surface area contributed by atoms with Crippen molar-refractivity contribution in [3.8, 4) is 6.07 Å². The number of rotatable bonds is 7. The molecule has 0 saturated carbocycles. The minimum Gasteiger partial charge on any atom is -0.462 e. The maximum Gasteiger partial charge on any atom is 0.352 e. The number of nitrogens with zero attached hydrogens (tertiary/aromatic N) is 2. The molecule has 0 bridgehead atoms. The molecule has 0 amide bonds. The first-order valence-corrected chi connectivity index (χ1v) is 6.89. The molecule has 21 heavy (non-hydrogen) atoms. The molecule has 2 N–H and O–H groups in total. The quantitative estimate of drug-likeness (QED) is 0.345. The van der Waals surface area contributed by atoms with Crippen LogP contribution in [0.1, 0.15) is 19.4 Å². The largest absolute Gasteiger partial charge is 0.462 e. The second-order valence-electron chi connectivity index (χ2n) is 3.96. The van der Waals surface area contributed by atoms with Crippen LogP contribution in [0, 0.1) is 11.3 Å². The van der Waals surface area contributed by atoms with Crippen LogP contribution in [-0.4, -0.2) is 24.1 Å². The van der Waals surface area contributed by atoms with Gasteiger partial charge in [-0.3, -0.25) is 0 Å². The molecule has 1 rings (SSSR count). The van der Waals surface area contributed by atoms with E-state index in [-0.39, 0.29) is 12.2 Å². The molecule has 0 atom stereocenters. The molecule has 0 aliphatic heterocycles. The average molecular weight is 309 g/mol. The van der Waals surface area contributed by atoms with Crippen LogP contribution in [0.25, 0.3) is 0 Å². The summed E-state index contributed by atoms with van der Waals surface area (Å²) in [5.74, 6) is -0.314. The summed E-state index contributed by atoms with van der Waals surface area (Å²) < 4.78 is 4.86. The third kappa shape index (κ3) is 5.32. The monoisotopic (exact) mass is 308 g/mol. The molecule has 7 heteroatoms. The lowest BCUT2D eigenvalue weighted by Crippen LogP contribution is -2.30. The van der Waals surface area contributed by atoms with Gasteiger partial charge in [-0.25, -0.2) is 9.78 Å². The number of nitriles is 1. The molecule has 1 heterocycles. The van der Waals surface area contributed by atoms with Crippen molar-refractivity contribution in [3.63, 3.8) is 0 Å². The fourth-order valence-corrected chi connectivity index (χ4v) is 1.64. The number of esters is 1. The van der Waals surface area contributed by atoms with Gasteiger partial charge >= 0.3 is 5.97 Å². The minimum atomic E-state index is -0.655. The summed E-state index contributed by atoms with van der Waals surface area (Å²) in [4.78, 5) is 15.7. The highest BCUT2D eigenvalue weighted by atomic mass is 35.5. The Morgan fingerprint density at radius 2 is 2.19 bits per heavy atom. The van der Waals surface area contributed by atoms with Crippen molar-refractivity contribution in [2.75, 3.05) is 13.2 Å². The number of nitrogens with one attached hydrogen (secondary N) is 2. The lowest BCUT2D eigenvalue weighted by atomic mass is 10.2. The Morgan fingerprint density at radius 3 is 2.71 bits per heavy atom. The summed E-state index contributed by atoms with van der Waals surface area (Å²) in [6.07, 6.45) is 1.62. The van der Waals surface area contributed by atoms with E-state index < -0.39 is 5.97 Å². The fourth-order valence-electron chi connectivity index (χ4n) is 1.52. The van der Waals surface area contributed by atoms with Crippen LogP contribution < -0.4 is 10.6 Å². The highest BCUT2D eigenvalue weighted by molar-refractivity contribution is 6.29. The van der Waals surface area contributed by atoms with Gasteiger partial charge in [-0.2, -0.15) is 5.26 Å². The van der Waals surface area contributed by atoms with Crippen molar-refractivity contribution >= 4 is 17.6 Å². The van der Waals surface area contributed by atoms with E-state index in [1.807, 2.05) is 19.1 Å². The van der Waals surface area contributed by atoms with Crippen LogP contribution >= 0.6 is 11.6 Å². The summed E-state index contributed by atoms with van der Waals surface area (Å²) in [5.41, 5.74) is 0.788. The number of ether oxygens (including phenoxy) is 1. The predicted molar refractivity (Wildman–Crippen MR) is 79.0 cm³/mol. The molecule has 1 aromatic rings. The van der Waals surface area contributed by atoms with Gasteiger partial charge in [0, 0.05) is 19.3 Å². The zero-order valence-electron chi connectivity index (χ0n) is 11.9. The second kappa shape index (κ2) is 8.82. The van der Waals surface area contributed by atoms with E-state index in [0.717, 1.165) is 5.56 Å². The van der Waals surface area contributed by atoms with Crippen LogP contribution in [0.3, 0.4) is 0 Å². The summed E-state index contributed by atoms with van der Waals surface area (Å²) >= 11 is 5.72. The van der Waals surface area contributed by atoms with E-state index in [2.05, 4.69) is 15.6 Å². The number of pyridine rings is 1. The Hall–Kier alpha value is -2.26. The smallest absolute Gasteiger partial charge is 0.352 e. The molecular weight excluding hydrogens is 292 g/mol. The molecule has 0 spiro atoms. The van der Waals surface area contributed by atoms with E-state index in [0.29, 0.717) is 24.1 Å². The van der Waals surface area contributed by atoms with Gasteiger partial charge in [-0.15, -0.1) is 0 Å². The van der Waals surface area contributed by atoms with E-state index in [9.17, 15) is 4.79 Å². The minimum absolute atomic E-state index is 0.0828. The number of carbonyl (C=O) groups is 1. The molecule has 0 saturated heterocycles. The average Bonchev–Trinajstić information content (AvgIpc) is 2.47. The van der Waals surface area contributed by atoms with Gasteiger partial charge < -0.3 is 15.4 Å². The number of aromatic nitrogens is 1. The van der Waals surface area contributed by atoms with Gasteiger partial charge in [-0.1, -0.05) is 17.7 Å². The van der Waals surface area contributed by atoms with Crippen molar-refractivity contribution < 1.29 is 9.53 Å². The lowest BCUT2D eigenvalue weighted by molar-refractivity contribution is -0.138. The van der Waals surface area contributed by atoms with Gasteiger partial charge in [0.05, 0.1) is 6.61 Å². The van der Waals surface area contributed by atoms with Gasteiger partial charge in [-0.05, 0) is 25.5 Å². The van der Waals surface area contributed by atoms with Crippen LogP contribution in [0.15, 0.2) is 29.7 Å². The van der Waals surface area contributed by atoms with E-state index >= 15 is 0 Å². The van der Waals surface area contributed by atoms with Crippen LogP contribution in [-0.2, 0) is 16.1 Å². The molecule has 0 unspecified atom stereocenters. The SMILES string of the molecule is CCN/C(NCc1ccc(Cl)nc1)=C(/C#N)C(=O)OCC. The van der Waals surface area contributed by atoms with Crippen molar-refractivity contribution in [3.05, 3.63) is 40.4 Å². The number of hydrogen-bond donors (Lipinski definition) is 2. The first-order valence-electron chi connectivity index (χ1n) is 6.52. The maximum absolute atomic E-state index is 11.7. The molecule has 0 fully saturated rings. The zero-order chi connectivity index (χ0) is 15.7. The fraction of sp³-hybridized carbons (Fsp3) is 0.357. The number of halogens is 1. The highest BCUT2D eigenvalue weighted by Gasteiger charge is 2.16. The van der Waals surface area contributed by atoms with Gasteiger partial charge in [0.15, 0.2) is 5.57 Å². The lowest BCUT2D eigenvalue weighted by Gasteiger charge is -2.14. The van der Waals surface area contributed by atoms with Crippen molar-refractivity contribution in [2.24, 2.45) is 0 Å². The molecule has 112 valence electrons. The summed E-state index contributed by atoms with van der Waals surface area (Å²) in [6.45, 7) is 4.73. The van der Waals surface area contributed by atoms with Gasteiger partial charge in [0.25, 0.3) is 0 Å². The Labute approximate surface area is 128 Å². The third-order valence-electron chi connectivity index (χ3n) is 2.45. The van der Waals surface area contributed by atoms with Crippen LogP contribution in [0.5, 0.6) is 0 Å². The Kier molecular flexibility index (Phi) is 7.05. The van der Waals surface area contributed by atoms with Crippen molar-refractivity contribution in [1.29, 1.82) is 5.26 Å². The first-order chi connectivity index (χ1) is 10.1. The molecule has 6 nitrogen and oxygen atoms in total. The molecule has 0 aromatic carbocycles. The Bertz CT molecular complexity index is 549. The number of hydrogen-bond acceptors (Lipinski definition) is 6. The predicted octanol–water partition coefficient (Wildman–Crippen LogP) is 1.73. The number of carbonyl (C=O) groups excluding carboxylic acids is 1. The topological polar surface area (TPSA) is 87.0 Å². The van der Waals surface area contributed by atoms with E-state index in [1.165, 1.54) is 0 Å². The second-order valence-corrected chi connectivity index (χ2v) is 4.34. The molecule has 0 radical (unpaired) electrons. The normalized spacial score (nSPS) is 11.1. The highest BCUT2D eigenvalue weighted by Crippen LogP contribution is 2.07. The van der Waals surface area contributed by atoms with Gasteiger partial charge in [0.1, 0.15) is 17.0 Å². The zero-order valence-corrected chi connectivity index (χ0v) is 12.7. The van der Waals surface area contributed by atoms with Crippen LogP contribution in [0.4, 0.5) is 0 Å². The molecule has 0 aliphatic rings. The molecule has 1 aromatic heterocycles.